The number of ether oxygens (including phenoxy) is 2. The van der Waals surface area contributed by atoms with Crippen molar-refractivity contribution in [2.24, 2.45) is 5.92 Å². The molecule has 0 saturated carbocycles. The Labute approximate surface area is 232 Å². The van der Waals surface area contributed by atoms with E-state index >= 15 is 0 Å². The summed E-state index contributed by atoms with van der Waals surface area (Å²) >= 11 is 0. The van der Waals surface area contributed by atoms with Crippen molar-refractivity contribution in [2.75, 3.05) is 40.6 Å². The van der Waals surface area contributed by atoms with Crippen molar-refractivity contribution in [1.29, 1.82) is 0 Å². The minimum atomic E-state index is -4.03. The normalized spacial score (nSPS) is 25.1. The van der Waals surface area contributed by atoms with Crippen molar-refractivity contribution in [1.82, 2.24) is 9.21 Å². The Morgan fingerprint density at radius 1 is 1.05 bits per heavy atom. The molecule has 0 bridgehead atoms. The zero-order valence-corrected chi connectivity index (χ0v) is 20.9. The van der Waals surface area contributed by atoms with E-state index in [9.17, 15) is 13.2 Å². The largest absolute Gasteiger partial charge is 0.497 e. The highest BCUT2D eigenvalue weighted by molar-refractivity contribution is 7.88. The number of nitrogens with zero attached hydrogens (tertiary/aromatic N) is 2. The molecule has 3 aromatic rings. The van der Waals surface area contributed by atoms with E-state index in [4.69, 9.17) is 21.8 Å². The van der Waals surface area contributed by atoms with Crippen LogP contribution in [0.4, 0.5) is 0 Å². The van der Waals surface area contributed by atoms with Gasteiger partial charge in [-0.05, 0) is 49.3 Å². The number of hydrogen-bond acceptors (Lipinski definition) is 6. The molecular weight excluding hydrogens is 488 g/mol. The smallest absolute Gasteiger partial charge is 0.339 e. The molecule has 2 atom stereocenters. The van der Waals surface area contributed by atoms with Crippen molar-refractivity contribution >= 4 is 16.0 Å². The van der Waals surface area contributed by atoms with E-state index in [1.165, 1.54) is 36.4 Å². The van der Waals surface area contributed by atoms with Crippen LogP contribution < -0.4 is 4.74 Å². The van der Waals surface area contributed by atoms with Crippen LogP contribution in [0.1, 0.15) is 40.2 Å². The molecule has 0 aliphatic carbocycles. The molecule has 196 valence electrons. The number of carbonyl (C=O) groups excluding carboxylic acids is 1. The number of carbonyl (C=O) groups is 1. The van der Waals surface area contributed by atoms with Crippen LogP contribution in [0.25, 0.3) is 0 Å². The van der Waals surface area contributed by atoms with Gasteiger partial charge in [0.15, 0.2) is 0 Å². The van der Waals surface area contributed by atoms with E-state index < -0.39 is 61.6 Å². The number of rotatable bonds is 9. The van der Waals surface area contributed by atoms with E-state index in [0.29, 0.717) is 10.5 Å². The molecule has 1 heterocycles. The van der Waals surface area contributed by atoms with E-state index in [1.807, 2.05) is 0 Å². The Balaban J connectivity index is 1.87. The molecule has 1 aliphatic heterocycles. The van der Waals surface area contributed by atoms with Gasteiger partial charge in [-0.2, -0.15) is 0 Å². The Bertz CT molecular complexity index is 1590. The maximum absolute atomic E-state index is 13.7. The number of methoxy groups -OCH3 is 1. The van der Waals surface area contributed by atoms with Crippen molar-refractivity contribution in [2.45, 2.75) is 17.8 Å². The molecule has 0 amide bonds. The van der Waals surface area contributed by atoms with Crippen LogP contribution in [-0.4, -0.2) is 64.2 Å². The summed E-state index contributed by atoms with van der Waals surface area (Å²) in [6, 6.07) is 22.0. The lowest BCUT2D eigenvalue weighted by molar-refractivity contribution is -0.0880. The van der Waals surface area contributed by atoms with Crippen LogP contribution in [0.15, 0.2) is 84.9 Å². The minimum Gasteiger partial charge on any atom is -0.497 e. The molecule has 0 N–H and O–H groups in total. The second-order valence-corrected chi connectivity index (χ2v) is 10.9. The molecule has 1 fully saturated rings. The lowest BCUT2D eigenvalue weighted by Crippen LogP contribution is -2.56. The summed E-state index contributed by atoms with van der Waals surface area (Å²) in [5, 5.41) is 0. The monoisotopic (exact) mass is 531 g/mol. The third-order valence-electron chi connectivity index (χ3n) is 6.53. The van der Waals surface area contributed by atoms with Crippen LogP contribution in [-0.2, 0) is 26.1 Å². The predicted octanol–water partition coefficient (Wildman–Crippen LogP) is 4.16. The van der Waals surface area contributed by atoms with E-state index in [-0.39, 0.29) is 35.6 Å². The van der Waals surface area contributed by atoms with Crippen LogP contribution >= 0.6 is 0 Å². The number of sulfonamides is 1. The molecule has 0 unspecified atom stereocenters. The van der Waals surface area contributed by atoms with E-state index in [0.717, 1.165) is 4.31 Å². The number of esters is 1. The molecule has 3 aromatic carbocycles. The molecule has 8 heteroatoms. The Morgan fingerprint density at radius 3 is 2.49 bits per heavy atom. The third-order valence-corrected chi connectivity index (χ3v) is 8.35. The average Bonchev–Trinajstić information content (AvgIpc) is 2.95. The SMILES string of the molecule is [2H]C([2H])([2H])Oc1cccc([C@]2(OC(=O)c3ccccc3)CCN(S(=O)(=O)Cc3ccccc3)C[C@H]2CN(C([2H])([2H])[2H])C([2H])([2H])[2H])c1. The highest BCUT2D eigenvalue weighted by atomic mass is 32.2. The van der Waals surface area contributed by atoms with E-state index in [1.54, 1.807) is 48.5 Å². The van der Waals surface area contributed by atoms with Crippen molar-refractivity contribution in [3.05, 3.63) is 102 Å². The fourth-order valence-electron chi connectivity index (χ4n) is 4.73. The molecular formula is C29H34N2O5S. The molecule has 0 aromatic heterocycles. The molecule has 37 heavy (non-hydrogen) atoms. The van der Waals surface area contributed by atoms with Gasteiger partial charge in [0.1, 0.15) is 11.4 Å². The first kappa shape index (κ1) is 17.3. The Morgan fingerprint density at radius 2 is 1.78 bits per heavy atom. The maximum atomic E-state index is 13.7. The van der Waals surface area contributed by atoms with Gasteiger partial charge in [-0.15, -0.1) is 0 Å². The summed E-state index contributed by atoms with van der Waals surface area (Å²) in [5.41, 5.74) is -0.987. The topological polar surface area (TPSA) is 76.1 Å². The van der Waals surface area contributed by atoms with Gasteiger partial charge in [-0.1, -0.05) is 60.7 Å². The fourth-order valence-corrected chi connectivity index (χ4v) is 6.30. The van der Waals surface area contributed by atoms with Gasteiger partial charge in [0.25, 0.3) is 0 Å². The molecule has 1 saturated heterocycles. The van der Waals surface area contributed by atoms with Crippen LogP contribution in [0.3, 0.4) is 0 Å². The molecule has 1 aliphatic rings. The predicted molar refractivity (Wildman–Crippen MR) is 144 cm³/mol. The number of piperidine rings is 1. The number of hydrogen-bond donors (Lipinski definition) is 0. The first-order valence-electron chi connectivity index (χ1n) is 16.2. The standard InChI is InChI=1S/C29H34N2O5S/c1-30(2)20-26-21-31(37(33,34)22-23-11-6-4-7-12-23)18-17-29(26,25-15-10-16-27(19-25)35-3)36-28(32)24-13-8-5-9-14-24/h4-16,19,26H,17-18,20-22H2,1-3H3/t26-,29-/m1/s1/i1D3,2D3,3D3. The Kier molecular flexibility index (Phi) is 5.37. The summed E-state index contributed by atoms with van der Waals surface area (Å²) in [7, 11) is -6.86. The van der Waals surface area contributed by atoms with Crippen molar-refractivity contribution < 1.29 is 35.0 Å². The van der Waals surface area contributed by atoms with Gasteiger partial charge in [0.2, 0.25) is 10.0 Å². The molecule has 0 spiro atoms. The van der Waals surface area contributed by atoms with E-state index in [2.05, 4.69) is 0 Å². The summed E-state index contributed by atoms with van der Waals surface area (Å²) in [5.74, 6) is -2.58. The maximum Gasteiger partial charge on any atom is 0.339 e. The molecule has 7 nitrogen and oxygen atoms in total. The van der Waals surface area contributed by atoms with Crippen molar-refractivity contribution in [3.8, 4) is 5.75 Å². The molecule has 4 rings (SSSR count). The zero-order valence-electron chi connectivity index (χ0n) is 29.0. The second kappa shape index (κ2) is 11.5. The van der Waals surface area contributed by atoms with Crippen LogP contribution in [0.2, 0.25) is 0 Å². The van der Waals surface area contributed by atoms with Crippen molar-refractivity contribution in [3.63, 3.8) is 0 Å². The first-order chi connectivity index (χ1) is 21.3. The summed E-state index contributed by atoms with van der Waals surface area (Å²) in [6.45, 7) is -7.61. The Hall–Kier alpha value is -3.20. The minimum absolute atomic E-state index is 0.117. The van der Waals surface area contributed by atoms with Gasteiger partial charge >= 0.3 is 5.97 Å². The summed E-state index contributed by atoms with van der Waals surface area (Å²) < 4.78 is 110. The highest BCUT2D eigenvalue weighted by Crippen LogP contribution is 2.44. The first-order valence-corrected chi connectivity index (χ1v) is 13.3. The lowest BCUT2D eigenvalue weighted by atomic mass is 9.75. The van der Waals surface area contributed by atoms with Gasteiger partial charge in [0, 0.05) is 40.2 Å². The summed E-state index contributed by atoms with van der Waals surface area (Å²) in [6.07, 6.45) is -0.211. The third kappa shape index (κ3) is 6.21. The summed E-state index contributed by atoms with van der Waals surface area (Å²) in [4.78, 5) is 13.9. The number of benzene rings is 3. The van der Waals surface area contributed by atoms with Gasteiger partial charge in [0.05, 0.1) is 22.5 Å². The second-order valence-electron chi connectivity index (χ2n) is 8.93. The average molecular weight is 532 g/mol. The highest BCUT2D eigenvalue weighted by Gasteiger charge is 2.50. The van der Waals surface area contributed by atoms with Gasteiger partial charge in [-0.25, -0.2) is 17.5 Å². The van der Waals surface area contributed by atoms with Gasteiger partial charge in [-0.3, -0.25) is 0 Å². The quantitative estimate of drug-likeness (QED) is 0.386. The zero-order chi connectivity index (χ0) is 34.0. The van der Waals surface area contributed by atoms with Crippen LogP contribution in [0, 0.1) is 5.92 Å². The van der Waals surface area contributed by atoms with Gasteiger partial charge < -0.3 is 14.4 Å². The molecule has 0 radical (unpaired) electrons. The van der Waals surface area contributed by atoms with Crippen LogP contribution in [0.5, 0.6) is 5.75 Å². The fraction of sp³-hybridized carbons (Fsp3) is 0.345. The lowest BCUT2D eigenvalue weighted by Gasteiger charge is -2.47.